The molecule has 0 radical (unpaired) electrons. The van der Waals surface area contributed by atoms with Gasteiger partial charge in [0, 0.05) is 7.11 Å². The summed E-state index contributed by atoms with van der Waals surface area (Å²) in [6.45, 7) is 10.5. The van der Waals surface area contributed by atoms with Crippen molar-refractivity contribution in [3.05, 3.63) is 0 Å². The van der Waals surface area contributed by atoms with Crippen LogP contribution in [0, 0.1) is 5.41 Å². The fourth-order valence-corrected chi connectivity index (χ4v) is 1.61. The molecule has 0 amide bonds. The summed E-state index contributed by atoms with van der Waals surface area (Å²) in [6.07, 6.45) is 0. The smallest absolute Gasteiger partial charge is 0.0793 e. The van der Waals surface area contributed by atoms with Crippen molar-refractivity contribution in [1.82, 2.24) is 5.43 Å². The molecule has 0 aromatic heterocycles. The summed E-state index contributed by atoms with van der Waals surface area (Å²) in [7, 11) is 1.70. The van der Waals surface area contributed by atoms with Gasteiger partial charge < -0.3 is 4.74 Å². The highest BCUT2D eigenvalue weighted by atomic mass is 16.5. The topological polar surface area (TPSA) is 47.3 Å². The molecule has 12 heavy (non-hydrogen) atoms. The zero-order chi connectivity index (χ0) is 9.99. The summed E-state index contributed by atoms with van der Waals surface area (Å²) in [5.41, 5.74) is 2.66. The summed E-state index contributed by atoms with van der Waals surface area (Å²) in [5, 5.41) is 0. The monoisotopic (exact) mass is 174 g/mol. The van der Waals surface area contributed by atoms with E-state index < -0.39 is 0 Å². The first-order chi connectivity index (χ1) is 5.25. The van der Waals surface area contributed by atoms with Gasteiger partial charge in [0.05, 0.1) is 11.6 Å². The number of nitrogens with one attached hydrogen (secondary N) is 1. The molecule has 0 saturated heterocycles. The zero-order valence-corrected chi connectivity index (χ0v) is 9.06. The molecule has 3 nitrogen and oxygen atoms in total. The number of rotatable bonds is 3. The van der Waals surface area contributed by atoms with E-state index in [1.54, 1.807) is 7.11 Å². The molecule has 0 aromatic carbocycles. The molecule has 3 N–H and O–H groups in total. The minimum absolute atomic E-state index is 0.0915. The van der Waals surface area contributed by atoms with E-state index >= 15 is 0 Å². The molecule has 0 spiro atoms. The second-order valence-electron chi connectivity index (χ2n) is 4.77. The lowest BCUT2D eigenvalue weighted by Crippen LogP contribution is -2.57. The van der Waals surface area contributed by atoms with Crippen LogP contribution in [0.1, 0.15) is 34.6 Å². The number of hydrogen-bond donors (Lipinski definition) is 2. The van der Waals surface area contributed by atoms with E-state index in [1.807, 2.05) is 13.8 Å². The van der Waals surface area contributed by atoms with Crippen molar-refractivity contribution >= 4 is 0 Å². The summed E-state index contributed by atoms with van der Waals surface area (Å²) < 4.78 is 5.37. The van der Waals surface area contributed by atoms with Crippen molar-refractivity contribution in [1.29, 1.82) is 0 Å². The van der Waals surface area contributed by atoms with Crippen molar-refractivity contribution < 1.29 is 4.74 Å². The van der Waals surface area contributed by atoms with Gasteiger partial charge in [-0.1, -0.05) is 20.8 Å². The highest BCUT2D eigenvalue weighted by Gasteiger charge is 2.37. The molecule has 0 heterocycles. The first kappa shape index (κ1) is 11.9. The lowest BCUT2D eigenvalue weighted by molar-refractivity contribution is -0.0423. The Hall–Kier alpha value is -0.120. The van der Waals surface area contributed by atoms with E-state index in [1.165, 1.54) is 0 Å². The van der Waals surface area contributed by atoms with Crippen LogP contribution in [0.3, 0.4) is 0 Å². The highest BCUT2D eigenvalue weighted by molar-refractivity contribution is 4.92. The Kier molecular flexibility index (Phi) is 3.69. The van der Waals surface area contributed by atoms with Gasteiger partial charge in [-0.3, -0.25) is 11.3 Å². The first-order valence-corrected chi connectivity index (χ1v) is 4.27. The van der Waals surface area contributed by atoms with Crippen molar-refractivity contribution in [2.24, 2.45) is 11.3 Å². The van der Waals surface area contributed by atoms with Crippen LogP contribution in [0.5, 0.6) is 0 Å². The van der Waals surface area contributed by atoms with Gasteiger partial charge in [0.2, 0.25) is 0 Å². The summed E-state index contributed by atoms with van der Waals surface area (Å²) in [5.74, 6) is 5.49. The van der Waals surface area contributed by atoms with Crippen molar-refractivity contribution in [3.8, 4) is 0 Å². The molecule has 3 heteroatoms. The summed E-state index contributed by atoms with van der Waals surface area (Å²) >= 11 is 0. The molecule has 1 atom stereocenters. The van der Waals surface area contributed by atoms with Gasteiger partial charge >= 0.3 is 0 Å². The molecular weight excluding hydrogens is 152 g/mol. The third-order valence-electron chi connectivity index (χ3n) is 2.25. The average molecular weight is 174 g/mol. The second kappa shape index (κ2) is 3.73. The van der Waals surface area contributed by atoms with Gasteiger partial charge in [-0.2, -0.15) is 0 Å². The van der Waals surface area contributed by atoms with Crippen LogP contribution in [0.15, 0.2) is 0 Å². The van der Waals surface area contributed by atoms with Gasteiger partial charge in [0.15, 0.2) is 0 Å². The second-order valence-corrected chi connectivity index (χ2v) is 4.77. The van der Waals surface area contributed by atoms with Crippen LogP contribution < -0.4 is 11.3 Å². The molecule has 0 aliphatic heterocycles. The summed E-state index contributed by atoms with van der Waals surface area (Å²) in [4.78, 5) is 0. The molecule has 74 valence electrons. The molecule has 1 unspecified atom stereocenters. The zero-order valence-electron chi connectivity index (χ0n) is 9.06. The minimum Gasteiger partial charge on any atom is -0.377 e. The maximum Gasteiger partial charge on any atom is 0.0793 e. The number of nitrogens with two attached hydrogens (primary N) is 1. The lowest BCUT2D eigenvalue weighted by atomic mass is 9.78. The predicted molar refractivity (Wildman–Crippen MR) is 51.7 cm³/mol. The Bertz CT molecular complexity index is 138. The van der Waals surface area contributed by atoms with E-state index in [0.29, 0.717) is 0 Å². The first-order valence-electron chi connectivity index (χ1n) is 4.27. The van der Waals surface area contributed by atoms with Crippen LogP contribution in [-0.4, -0.2) is 18.8 Å². The predicted octanol–water partition coefficient (Wildman–Crippen LogP) is 1.29. The van der Waals surface area contributed by atoms with Crippen LogP contribution in [0.4, 0.5) is 0 Å². The Labute approximate surface area is 75.6 Å². The maximum absolute atomic E-state index is 5.49. The highest BCUT2D eigenvalue weighted by Crippen LogP contribution is 2.29. The fraction of sp³-hybridized carbons (Fsp3) is 1.00. The molecule has 0 rings (SSSR count). The number of ether oxygens (including phenoxy) is 1. The molecule has 0 aliphatic carbocycles. The Morgan fingerprint density at radius 1 is 1.17 bits per heavy atom. The van der Waals surface area contributed by atoms with Gasteiger partial charge in [-0.15, -0.1) is 0 Å². The average Bonchev–Trinajstić information content (AvgIpc) is 1.85. The molecule has 0 aromatic rings. The number of hydrazine groups is 1. The van der Waals surface area contributed by atoms with E-state index in [0.717, 1.165) is 0 Å². The van der Waals surface area contributed by atoms with Crippen LogP contribution in [0.25, 0.3) is 0 Å². The number of hydrogen-bond acceptors (Lipinski definition) is 3. The largest absolute Gasteiger partial charge is 0.377 e. The molecular formula is C9H22N2O. The SMILES string of the molecule is COC(C)(C)C(NN)C(C)(C)C. The third-order valence-corrected chi connectivity index (χ3v) is 2.25. The molecule has 0 fully saturated rings. The lowest BCUT2D eigenvalue weighted by Gasteiger charge is -2.41. The normalized spacial score (nSPS) is 16.2. The molecule has 0 saturated carbocycles. The molecule has 0 aliphatic rings. The molecule has 0 bridgehead atoms. The quantitative estimate of drug-likeness (QED) is 0.500. The van der Waals surface area contributed by atoms with Crippen LogP contribution in [-0.2, 0) is 4.74 Å². The Morgan fingerprint density at radius 3 is 1.67 bits per heavy atom. The Balaban J connectivity index is 4.56. The van der Waals surface area contributed by atoms with E-state index in [2.05, 4.69) is 26.2 Å². The van der Waals surface area contributed by atoms with Gasteiger partial charge in [-0.25, -0.2) is 0 Å². The summed E-state index contributed by atoms with van der Waals surface area (Å²) in [6, 6.07) is 0.134. The van der Waals surface area contributed by atoms with Crippen LogP contribution in [0.2, 0.25) is 0 Å². The van der Waals surface area contributed by atoms with Crippen molar-refractivity contribution in [2.45, 2.75) is 46.3 Å². The maximum atomic E-state index is 5.49. The fourth-order valence-electron chi connectivity index (χ4n) is 1.61. The van der Waals surface area contributed by atoms with E-state index in [9.17, 15) is 0 Å². The van der Waals surface area contributed by atoms with E-state index in [-0.39, 0.29) is 17.1 Å². The van der Waals surface area contributed by atoms with Crippen molar-refractivity contribution in [2.75, 3.05) is 7.11 Å². The standard InChI is InChI=1S/C9H22N2O/c1-8(2,3)7(11-10)9(4,5)12-6/h7,11H,10H2,1-6H3. The Morgan fingerprint density at radius 2 is 1.58 bits per heavy atom. The third kappa shape index (κ3) is 2.73. The number of methoxy groups -OCH3 is 1. The van der Waals surface area contributed by atoms with Gasteiger partial charge in [-0.05, 0) is 19.3 Å². The van der Waals surface area contributed by atoms with Gasteiger partial charge in [0.1, 0.15) is 0 Å². The van der Waals surface area contributed by atoms with Gasteiger partial charge in [0.25, 0.3) is 0 Å². The van der Waals surface area contributed by atoms with E-state index in [4.69, 9.17) is 10.6 Å². The van der Waals surface area contributed by atoms with Crippen LogP contribution >= 0.6 is 0 Å². The van der Waals surface area contributed by atoms with Crippen molar-refractivity contribution in [3.63, 3.8) is 0 Å². The minimum atomic E-state index is -0.243.